The van der Waals surface area contributed by atoms with E-state index < -0.39 is 26.7 Å². The number of piperidine rings is 1. The summed E-state index contributed by atoms with van der Waals surface area (Å²) < 4.78 is 66.6. The second-order valence-corrected chi connectivity index (χ2v) is 8.18. The average Bonchev–Trinajstić information content (AvgIpc) is 2.76. The molecule has 3 rings (SSSR count). The minimum Gasteiger partial charge on any atom is -0.311 e. The molecule has 1 aromatic carbocycles. The first-order valence-corrected chi connectivity index (χ1v) is 9.16. The van der Waals surface area contributed by atoms with Gasteiger partial charge in [0.15, 0.2) is 0 Å². The number of sulfonamides is 1. The molecule has 2 saturated heterocycles. The van der Waals surface area contributed by atoms with Gasteiger partial charge in [-0.25, -0.2) is 13.1 Å². The van der Waals surface area contributed by atoms with Crippen molar-refractivity contribution in [2.45, 2.75) is 54.9 Å². The molecule has 2 unspecified atom stereocenters. The lowest BCUT2D eigenvalue weighted by molar-refractivity contribution is -0.139. The maximum Gasteiger partial charge on any atom is 0.417 e. The summed E-state index contributed by atoms with van der Waals surface area (Å²) in [7, 11) is -4.27. The number of fused-ring (bicyclic) bond motifs is 2. The molecule has 23 heavy (non-hydrogen) atoms. The lowest BCUT2D eigenvalue weighted by atomic mass is 10.0. The third-order valence-electron chi connectivity index (χ3n) is 4.33. The van der Waals surface area contributed by atoms with Gasteiger partial charge in [-0.15, -0.1) is 0 Å². The van der Waals surface area contributed by atoms with Gasteiger partial charge >= 0.3 is 6.18 Å². The van der Waals surface area contributed by atoms with Gasteiger partial charge < -0.3 is 5.32 Å². The number of hydrogen-bond acceptors (Lipinski definition) is 3. The summed E-state index contributed by atoms with van der Waals surface area (Å²) in [5.74, 6) is 0. The molecule has 0 amide bonds. The van der Waals surface area contributed by atoms with Crippen LogP contribution in [0, 0.1) is 0 Å². The van der Waals surface area contributed by atoms with E-state index >= 15 is 0 Å². The summed E-state index contributed by atoms with van der Waals surface area (Å²) >= 11 is 5.59. The highest BCUT2D eigenvalue weighted by Crippen LogP contribution is 2.36. The number of alkyl halides is 3. The van der Waals surface area contributed by atoms with E-state index in [1.165, 1.54) is 0 Å². The SMILES string of the molecule is O=S(=O)(NC1CC2CCC(C1)N2)c1ccc(Cl)cc1C(F)(F)F. The second-order valence-electron chi connectivity index (χ2n) is 6.07. The molecule has 0 spiro atoms. The zero-order valence-electron chi connectivity index (χ0n) is 12.0. The van der Waals surface area contributed by atoms with Crippen molar-refractivity contribution in [1.82, 2.24) is 10.0 Å². The van der Waals surface area contributed by atoms with Crippen molar-refractivity contribution in [3.63, 3.8) is 0 Å². The van der Waals surface area contributed by atoms with Crippen molar-refractivity contribution in [2.75, 3.05) is 0 Å². The van der Waals surface area contributed by atoms with Gasteiger partial charge in [-0.05, 0) is 43.9 Å². The molecule has 9 heteroatoms. The summed E-state index contributed by atoms with van der Waals surface area (Å²) in [5.41, 5.74) is -1.24. The van der Waals surface area contributed by atoms with Crippen molar-refractivity contribution in [2.24, 2.45) is 0 Å². The van der Waals surface area contributed by atoms with Crippen LogP contribution in [0.15, 0.2) is 23.1 Å². The Balaban J connectivity index is 1.88. The summed E-state index contributed by atoms with van der Waals surface area (Å²) in [5, 5.41) is 3.20. The van der Waals surface area contributed by atoms with E-state index in [1.54, 1.807) is 0 Å². The molecule has 2 bridgehead atoms. The van der Waals surface area contributed by atoms with Crippen LogP contribution >= 0.6 is 11.6 Å². The summed E-state index contributed by atoms with van der Waals surface area (Å²) in [4.78, 5) is -0.778. The van der Waals surface area contributed by atoms with Crippen LogP contribution in [0.25, 0.3) is 0 Å². The molecule has 0 aromatic heterocycles. The molecule has 2 atom stereocenters. The molecule has 128 valence electrons. The molecule has 2 heterocycles. The Kier molecular flexibility index (Phi) is 4.37. The highest BCUT2D eigenvalue weighted by molar-refractivity contribution is 7.89. The topological polar surface area (TPSA) is 58.2 Å². The van der Waals surface area contributed by atoms with Gasteiger partial charge in [0.2, 0.25) is 10.0 Å². The zero-order valence-corrected chi connectivity index (χ0v) is 13.6. The van der Waals surface area contributed by atoms with E-state index in [2.05, 4.69) is 10.0 Å². The zero-order chi connectivity index (χ0) is 16.8. The predicted octanol–water partition coefficient (Wildman–Crippen LogP) is 2.92. The van der Waals surface area contributed by atoms with Crippen LogP contribution in [0.2, 0.25) is 5.02 Å². The van der Waals surface area contributed by atoms with Crippen molar-refractivity contribution in [1.29, 1.82) is 0 Å². The Morgan fingerprint density at radius 3 is 2.35 bits per heavy atom. The molecule has 1 aromatic rings. The first-order chi connectivity index (χ1) is 10.6. The van der Waals surface area contributed by atoms with E-state index in [1.807, 2.05) is 0 Å². The Morgan fingerprint density at radius 2 is 1.78 bits per heavy atom. The van der Waals surface area contributed by atoms with E-state index in [0.717, 1.165) is 25.0 Å². The van der Waals surface area contributed by atoms with Gasteiger partial charge in [0.05, 0.1) is 10.5 Å². The van der Waals surface area contributed by atoms with Crippen molar-refractivity contribution in [3.05, 3.63) is 28.8 Å². The van der Waals surface area contributed by atoms with Crippen LogP contribution in [0.3, 0.4) is 0 Å². The van der Waals surface area contributed by atoms with E-state index in [4.69, 9.17) is 11.6 Å². The monoisotopic (exact) mass is 368 g/mol. The van der Waals surface area contributed by atoms with Crippen molar-refractivity contribution >= 4 is 21.6 Å². The molecule has 2 N–H and O–H groups in total. The molecular formula is C14H16ClF3N2O2S. The first-order valence-electron chi connectivity index (χ1n) is 7.30. The number of halogens is 4. The fraction of sp³-hybridized carbons (Fsp3) is 0.571. The van der Waals surface area contributed by atoms with Gasteiger partial charge in [0, 0.05) is 23.1 Å². The Bertz CT molecular complexity index is 696. The van der Waals surface area contributed by atoms with Crippen LogP contribution < -0.4 is 10.0 Å². The third-order valence-corrected chi connectivity index (χ3v) is 6.15. The largest absolute Gasteiger partial charge is 0.417 e. The molecule has 2 fully saturated rings. The van der Waals surface area contributed by atoms with Gasteiger partial charge in [0.1, 0.15) is 0 Å². The van der Waals surface area contributed by atoms with E-state index in [0.29, 0.717) is 18.9 Å². The highest BCUT2D eigenvalue weighted by Gasteiger charge is 2.40. The van der Waals surface area contributed by atoms with Crippen molar-refractivity contribution in [3.8, 4) is 0 Å². The molecule has 0 aliphatic carbocycles. The number of rotatable bonds is 3. The first kappa shape index (κ1) is 17.0. The molecule has 0 saturated carbocycles. The Labute approximate surface area is 137 Å². The second kappa shape index (κ2) is 5.91. The maximum atomic E-state index is 13.1. The Morgan fingerprint density at radius 1 is 1.17 bits per heavy atom. The fourth-order valence-corrected chi connectivity index (χ4v) is 5.04. The Hall–Kier alpha value is -0.830. The van der Waals surface area contributed by atoms with Gasteiger partial charge in [-0.1, -0.05) is 11.6 Å². The lowest BCUT2D eigenvalue weighted by Gasteiger charge is -2.29. The standard InChI is InChI=1S/C14H16ClF3N2O2S/c15-8-1-4-13(12(5-8)14(16,17)18)23(21,22)20-11-6-9-2-3-10(7-11)19-9/h1,4-5,9-11,19-20H,2-3,6-7H2. The molecule has 0 radical (unpaired) electrons. The molecule has 2 aliphatic heterocycles. The molecule has 2 aliphatic rings. The molecular weight excluding hydrogens is 353 g/mol. The smallest absolute Gasteiger partial charge is 0.311 e. The highest BCUT2D eigenvalue weighted by atomic mass is 35.5. The predicted molar refractivity (Wildman–Crippen MR) is 79.7 cm³/mol. The quantitative estimate of drug-likeness (QED) is 0.862. The van der Waals surface area contributed by atoms with E-state index in [9.17, 15) is 21.6 Å². The molecule has 4 nitrogen and oxygen atoms in total. The summed E-state index contributed by atoms with van der Waals surface area (Å²) in [6.07, 6.45) is -1.67. The van der Waals surface area contributed by atoms with Crippen LogP contribution in [0.5, 0.6) is 0 Å². The van der Waals surface area contributed by atoms with Crippen LogP contribution in [-0.2, 0) is 16.2 Å². The normalized spacial score (nSPS) is 28.1. The third kappa shape index (κ3) is 3.65. The number of benzene rings is 1. The van der Waals surface area contributed by atoms with Crippen LogP contribution in [0.1, 0.15) is 31.2 Å². The minimum atomic E-state index is -4.79. The van der Waals surface area contributed by atoms with Gasteiger partial charge in [0.25, 0.3) is 0 Å². The lowest BCUT2D eigenvalue weighted by Crippen LogP contribution is -2.48. The van der Waals surface area contributed by atoms with Gasteiger partial charge in [-0.2, -0.15) is 13.2 Å². The van der Waals surface area contributed by atoms with Gasteiger partial charge in [-0.3, -0.25) is 0 Å². The number of nitrogens with one attached hydrogen (secondary N) is 2. The van der Waals surface area contributed by atoms with Crippen molar-refractivity contribution < 1.29 is 21.6 Å². The van der Waals surface area contributed by atoms with Crippen LogP contribution in [0.4, 0.5) is 13.2 Å². The average molecular weight is 369 g/mol. The minimum absolute atomic E-state index is 0.156. The summed E-state index contributed by atoms with van der Waals surface area (Å²) in [6, 6.07) is 2.81. The summed E-state index contributed by atoms with van der Waals surface area (Å²) in [6.45, 7) is 0. The maximum absolute atomic E-state index is 13.1. The number of hydrogen-bond donors (Lipinski definition) is 2. The van der Waals surface area contributed by atoms with E-state index in [-0.39, 0.29) is 23.1 Å². The fourth-order valence-electron chi connectivity index (χ4n) is 3.39. The van der Waals surface area contributed by atoms with Crippen LogP contribution in [-0.4, -0.2) is 26.5 Å².